The first-order valence-electron chi connectivity index (χ1n) is 19.1. The SMILES string of the molecule is Cl.Cl.Nc1ccccc1OC(CC(=O)Nc1ccccc1OCC(O)CN1CCC(Oc2ccc(Cl)c(Cl)c2)CC1)C(O)CN1CCC(Oc2ccc(Cl)c(Cl)c2)CC1. The van der Waals surface area contributed by atoms with Gasteiger partial charge < -0.3 is 50.0 Å². The lowest BCUT2D eigenvalue weighted by Crippen LogP contribution is -2.47. The van der Waals surface area contributed by atoms with Gasteiger partial charge >= 0.3 is 0 Å². The maximum absolute atomic E-state index is 13.6. The third kappa shape index (κ3) is 14.8. The molecule has 1 amide bonds. The molecule has 2 heterocycles. The van der Waals surface area contributed by atoms with Crippen LogP contribution in [-0.2, 0) is 4.79 Å². The number of nitrogens with one attached hydrogen (secondary N) is 1. The van der Waals surface area contributed by atoms with E-state index in [0.717, 1.165) is 38.8 Å². The molecule has 0 bridgehead atoms. The fourth-order valence-corrected chi connectivity index (χ4v) is 7.49. The third-order valence-electron chi connectivity index (χ3n) is 9.98. The van der Waals surface area contributed by atoms with Gasteiger partial charge in [0, 0.05) is 51.4 Å². The average molecular weight is 936 g/mol. The molecule has 5 N–H and O–H groups in total. The molecule has 3 unspecified atom stereocenters. The summed E-state index contributed by atoms with van der Waals surface area (Å²) in [5, 5.41) is 27.1. The Balaban J connectivity index is 0.00000384. The first kappa shape index (κ1) is 48.6. The normalized spacial score (nSPS) is 16.8. The topological polar surface area (TPSA) is 139 Å². The number of nitrogens with two attached hydrogens (primary N) is 1. The Morgan fingerprint density at radius 2 is 1.22 bits per heavy atom. The second-order valence-corrected chi connectivity index (χ2v) is 16.0. The number of likely N-dealkylation sites (tertiary alicyclic amines) is 2. The number of nitrogen functional groups attached to an aromatic ring is 1. The summed E-state index contributed by atoms with van der Waals surface area (Å²) in [6.45, 7) is 3.61. The van der Waals surface area contributed by atoms with E-state index in [4.69, 9.17) is 71.1 Å². The molecule has 2 fully saturated rings. The van der Waals surface area contributed by atoms with Gasteiger partial charge in [0.1, 0.15) is 60.1 Å². The van der Waals surface area contributed by atoms with Crippen molar-refractivity contribution >= 4 is 88.5 Å². The first-order chi connectivity index (χ1) is 27.5. The standard InChI is InChI=1S/C42H48Cl4N4O7.2ClH/c43-32-11-9-30(21-34(32)45)55-28-13-17-49(18-14-28)24-27(51)26-54-40-8-4-2-6-37(40)48-42(53)23-41(57-39-7-3-1-5-36(39)47)38(52)25-50-19-15-29(16-20-50)56-31-10-12-33(44)35(46)22-31;;/h1-12,21-22,27-29,38,41,51-52H,13-20,23-26,47H2,(H,48,53);2*1H. The van der Waals surface area contributed by atoms with Crippen LogP contribution in [0.3, 0.4) is 0 Å². The molecule has 11 nitrogen and oxygen atoms in total. The van der Waals surface area contributed by atoms with Gasteiger partial charge in [-0.05, 0) is 74.2 Å². The maximum Gasteiger partial charge on any atom is 0.228 e. The van der Waals surface area contributed by atoms with E-state index in [1.807, 2.05) is 6.07 Å². The molecule has 4 aromatic rings. The number of hydrogen-bond acceptors (Lipinski definition) is 10. The van der Waals surface area contributed by atoms with E-state index in [1.165, 1.54) is 0 Å². The van der Waals surface area contributed by atoms with Gasteiger partial charge in [-0.3, -0.25) is 4.79 Å². The Labute approximate surface area is 377 Å². The lowest BCUT2D eigenvalue weighted by molar-refractivity contribution is -0.119. The number of aliphatic hydroxyl groups is 2. The highest BCUT2D eigenvalue weighted by molar-refractivity contribution is 6.42. The number of para-hydroxylation sites is 4. The van der Waals surface area contributed by atoms with Crippen LogP contribution in [0.2, 0.25) is 20.1 Å². The van der Waals surface area contributed by atoms with Crippen LogP contribution in [0.4, 0.5) is 11.4 Å². The molecule has 6 rings (SSSR count). The van der Waals surface area contributed by atoms with Crippen molar-refractivity contribution in [2.24, 2.45) is 0 Å². The Bertz CT molecular complexity index is 1930. The van der Waals surface area contributed by atoms with E-state index in [0.29, 0.717) is 74.1 Å². The third-order valence-corrected chi connectivity index (χ3v) is 11.5. The van der Waals surface area contributed by atoms with Gasteiger partial charge in [-0.15, -0.1) is 24.8 Å². The smallest absolute Gasteiger partial charge is 0.228 e. The molecular formula is C42H50Cl6N4O7. The molecule has 3 atom stereocenters. The van der Waals surface area contributed by atoms with E-state index in [2.05, 4.69) is 15.1 Å². The number of carbonyl (C=O) groups is 1. The van der Waals surface area contributed by atoms with Gasteiger partial charge in [0.05, 0.1) is 37.9 Å². The van der Waals surface area contributed by atoms with Gasteiger partial charge in [0.2, 0.25) is 5.91 Å². The fraction of sp³-hybridized carbons (Fsp3) is 0.405. The number of halogens is 6. The molecule has 322 valence electrons. The second-order valence-electron chi connectivity index (χ2n) is 14.4. The molecule has 59 heavy (non-hydrogen) atoms. The maximum atomic E-state index is 13.6. The Morgan fingerprint density at radius 1 is 0.712 bits per heavy atom. The number of benzene rings is 4. The van der Waals surface area contributed by atoms with E-state index in [9.17, 15) is 15.0 Å². The zero-order valence-electron chi connectivity index (χ0n) is 32.2. The number of amides is 1. The van der Waals surface area contributed by atoms with Crippen LogP contribution in [0, 0.1) is 0 Å². The van der Waals surface area contributed by atoms with Crippen LogP contribution in [0.15, 0.2) is 84.9 Å². The van der Waals surface area contributed by atoms with Crippen molar-refractivity contribution < 1.29 is 34.0 Å². The van der Waals surface area contributed by atoms with Crippen LogP contribution in [0.25, 0.3) is 0 Å². The number of aliphatic hydroxyl groups excluding tert-OH is 2. The summed E-state index contributed by atoms with van der Waals surface area (Å²) < 4.78 is 24.5. The second kappa shape index (κ2) is 23.8. The van der Waals surface area contributed by atoms with Crippen LogP contribution in [0.1, 0.15) is 32.1 Å². The van der Waals surface area contributed by atoms with Gasteiger partial charge in [-0.25, -0.2) is 0 Å². The highest BCUT2D eigenvalue weighted by Gasteiger charge is 2.30. The zero-order chi connectivity index (χ0) is 40.3. The summed E-state index contributed by atoms with van der Waals surface area (Å²) in [5.74, 6) is 1.75. The first-order valence-corrected chi connectivity index (χ1v) is 20.6. The molecule has 0 radical (unpaired) electrons. The number of rotatable bonds is 17. The minimum absolute atomic E-state index is 0. The lowest BCUT2D eigenvalue weighted by Gasteiger charge is -2.35. The number of β-amino-alcohol motifs (C(OH)–C–C–N with tert-alkyl or cyclic N) is 2. The van der Waals surface area contributed by atoms with Gasteiger partial charge in [-0.2, -0.15) is 0 Å². The number of nitrogens with zero attached hydrogens (tertiary/aromatic N) is 2. The van der Waals surface area contributed by atoms with E-state index >= 15 is 0 Å². The molecular weight excluding hydrogens is 885 g/mol. The van der Waals surface area contributed by atoms with Gasteiger partial charge in [0.25, 0.3) is 0 Å². The highest BCUT2D eigenvalue weighted by Crippen LogP contribution is 2.31. The molecule has 2 aliphatic rings. The van der Waals surface area contributed by atoms with Gasteiger partial charge in [-0.1, -0.05) is 70.7 Å². The van der Waals surface area contributed by atoms with Crippen LogP contribution in [-0.4, -0.2) is 102 Å². The molecule has 4 aromatic carbocycles. The van der Waals surface area contributed by atoms with Crippen molar-refractivity contribution in [3.63, 3.8) is 0 Å². The van der Waals surface area contributed by atoms with Crippen molar-refractivity contribution in [3.8, 4) is 23.0 Å². The minimum Gasteiger partial charge on any atom is -0.490 e. The summed E-state index contributed by atoms with van der Waals surface area (Å²) in [5.41, 5.74) is 7.02. The zero-order valence-corrected chi connectivity index (χ0v) is 36.8. The fourth-order valence-electron chi connectivity index (χ4n) is 6.91. The summed E-state index contributed by atoms with van der Waals surface area (Å²) >= 11 is 24.4. The molecule has 2 saturated heterocycles. The van der Waals surface area contributed by atoms with Crippen molar-refractivity contribution in [1.29, 1.82) is 0 Å². The number of carbonyl (C=O) groups excluding carboxylic acids is 1. The predicted octanol–water partition coefficient (Wildman–Crippen LogP) is 8.69. The van der Waals surface area contributed by atoms with Crippen molar-refractivity contribution in [3.05, 3.63) is 105 Å². The summed E-state index contributed by atoms with van der Waals surface area (Å²) in [4.78, 5) is 17.9. The number of piperidine rings is 2. The molecule has 0 aliphatic carbocycles. The predicted molar refractivity (Wildman–Crippen MR) is 240 cm³/mol. The van der Waals surface area contributed by atoms with Crippen molar-refractivity contribution in [1.82, 2.24) is 9.80 Å². The lowest BCUT2D eigenvalue weighted by atomic mass is 10.0. The molecule has 0 saturated carbocycles. The number of hydrogen-bond donors (Lipinski definition) is 4. The highest BCUT2D eigenvalue weighted by atomic mass is 35.5. The largest absolute Gasteiger partial charge is 0.490 e. The quantitative estimate of drug-likeness (QED) is 0.0762. The molecule has 0 spiro atoms. The van der Waals surface area contributed by atoms with Crippen molar-refractivity contribution in [2.75, 3.05) is 56.9 Å². The Morgan fingerprint density at radius 3 is 1.76 bits per heavy atom. The van der Waals surface area contributed by atoms with Crippen molar-refractivity contribution in [2.45, 2.75) is 62.6 Å². The van der Waals surface area contributed by atoms with Crippen LogP contribution in [0.5, 0.6) is 23.0 Å². The molecule has 2 aliphatic heterocycles. The van der Waals surface area contributed by atoms with Crippen LogP contribution >= 0.6 is 71.2 Å². The monoisotopic (exact) mass is 932 g/mol. The summed E-state index contributed by atoms with van der Waals surface area (Å²) in [6, 6.07) is 24.5. The molecule has 0 aromatic heterocycles. The summed E-state index contributed by atoms with van der Waals surface area (Å²) in [6.07, 6.45) is 0.257. The number of anilines is 2. The Hall–Kier alpha value is -3.07. The van der Waals surface area contributed by atoms with E-state index in [1.54, 1.807) is 78.9 Å². The average Bonchev–Trinajstić information content (AvgIpc) is 3.19. The van der Waals surface area contributed by atoms with E-state index in [-0.39, 0.29) is 62.5 Å². The van der Waals surface area contributed by atoms with E-state index < -0.39 is 18.3 Å². The molecule has 17 heteroatoms. The minimum atomic E-state index is -1.02. The number of ether oxygens (including phenoxy) is 4. The van der Waals surface area contributed by atoms with Crippen LogP contribution < -0.4 is 30.0 Å². The Kier molecular flexibility index (Phi) is 19.6. The van der Waals surface area contributed by atoms with Gasteiger partial charge in [0.15, 0.2) is 0 Å². The summed E-state index contributed by atoms with van der Waals surface area (Å²) in [7, 11) is 0.